The van der Waals surface area contributed by atoms with Crippen LogP contribution < -0.4 is 0 Å². The van der Waals surface area contributed by atoms with Crippen LogP contribution in [0.2, 0.25) is 0 Å². The Balaban J connectivity index is 1.94. The molecule has 1 atom stereocenters. The summed E-state index contributed by atoms with van der Waals surface area (Å²) in [4.78, 5) is 0. The van der Waals surface area contributed by atoms with Crippen LogP contribution in [0, 0.1) is 0 Å². The maximum atomic E-state index is 2.31. The van der Waals surface area contributed by atoms with Gasteiger partial charge in [0, 0.05) is 10.5 Å². The second-order valence-electron chi connectivity index (χ2n) is 4.70. The lowest BCUT2D eigenvalue weighted by Crippen LogP contribution is -2.10. The SMILES string of the molecule is CCC(SC1CCCCC1)c1ccccc1. The molecule has 1 unspecified atom stereocenters. The van der Waals surface area contributed by atoms with E-state index in [9.17, 15) is 0 Å². The molecule has 0 radical (unpaired) electrons. The van der Waals surface area contributed by atoms with Gasteiger partial charge in [0.25, 0.3) is 0 Å². The lowest BCUT2D eigenvalue weighted by molar-refractivity contribution is 0.514. The number of hydrogen-bond donors (Lipinski definition) is 0. The molecule has 0 aliphatic heterocycles. The Kier molecular flexibility index (Phi) is 4.77. The third-order valence-electron chi connectivity index (χ3n) is 3.45. The van der Waals surface area contributed by atoms with Gasteiger partial charge in [0.1, 0.15) is 0 Å². The van der Waals surface area contributed by atoms with Crippen LogP contribution in [-0.2, 0) is 0 Å². The number of thioether (sulfide) groups is 1. The molecule has 88 valence electrons. The van der Waals surface area contributed by atoms with E-state index in [2.05, 4.69) is 49.0 Å². The van der Waals surface area contributed by atoms with Gasteiger partial charge in [0.2, 0.25) is 0 Å². The summed E-state index contributed by atoms with van der Waals surface area (Å²) >= 11 is 2.22. The largest absolute Gasteiger partial charge is 0.150 e. The molecule has 1 saturated carbocycles. The van der Waals surface area contributed by atoms with Crippen LogP contribution >= 0.6 is 11.8 Å². The quantitative estimate of drug-likeness (QED) is 0.689. The summed E-state index contributed by atoms with van der Waals surface area (Å²) in [5.41, 5.74) is 1.51. The highest BCUT2D eigenvalue weighted by Crippen LogP contribution is 2.40. The highest BCUT2D eigenvalue weighted by atomic mass is 32.2. The highest BCUT2D eigenvalue weighted by Gasteiger charge is 2.19. The van der Waals surface area contributed by atoms with Gasteiger partial charge in [-0.15, -0.1) is 0 Å². The smallest absolute Gasteiger partial charge is 0.0297 e. The first kappa shape index (κ1) is 12.0. The molecule has 16 heavy (non-hydrogen) atoms. The van der Waals surface area contributed by atoms with E-state index in [0.29, 0.717) is 5.25 Å². The zero-order valence-electron chi connectivity index (χ0n) is 10.2. The molecule has 1 aliphatic carbocycles. The van der Waals surface area contributed by atoms with Crippen molar-refractivity contribution in [3.63, 3.8) is 0 Å². The van der Waals surface area contributed by atoms with E-state index in [-0.39, 0.29) is 0 Å². The summed E-state index contributed by atoms with van der Waals surface area (Å²) in [7, 11) is 0. The van der Waals surface area contributed by atoms with Gasteiger partial charge in [-0.05, 0) is 24.8 Å². The van der Waals surface area contributed by atoms with E-state index < -0.39 is 0 Å². The average molecular weight is 234 g/mol. The van der Waals surface area contributed by atoms with Crippen molar-refractivity contribution in [1.29, 1.82) is 0 Å². The van der Waals surface area contributed by atoms with E-state index in [1.165, 1.54) is 44.1 Å². The number of rotatable bonds is 4. The molecule has 2 rings (SSSR count). The molecule has 0 nitrogen and oxygen atoms in total. The fourth-order valence-electron chi connectivity index (χ4n) is 2.51. The Morgan fingerprint density at radius 2 is 1.81 bits per heavy atom. The minimum absolute atomic E-state index is 0.712. The number of hydrogen-bond acceptors (Lipinski definition) is 1. The summed E-state index contributed by atoms with van der Waals surface area (Å²) in [6, 6.07) is 11.0. The summed E-state index contributed by atoms with van der Waals surface area (Å²) in [6.07, 6.45) is 8.48. The van der Waals surface area contributed by atoms with Gasteiger partial charge in [0.15, 0.2) is 0 Å². The monoisotopic (exact) mass is 234 g/mol. The van der Waals surface area contributed by atoms with Gasteiger partial charge < -0.3 is 0 Å². The maximum absolute atomic E-state index is 2.31. The van der Waals surface area contributed by atoms with Gasteiger partial charge in [-0.1, -0.05) is 56.5 Å². The first-order valence-corrected chi connectivity index (χ1v) is 7.55. The van der Waals surface area contributed by atoms with Crippen LogP contribution in [0.15, 0.2) is 30.3 Å². The van der Waals surface area contributed by atoms with Crippen molar-refractivity contribution in [3.05, 3.63) is 35.9 Å². The molecular formula is C15H22S. The van der Waals surface area contributed by atoms with Crippen LogP contribution in [0.1, 0.15) is 56.3 Å². The van der Waals surface area contributed by atoms with Crippen molar-refractivity contribution >= 4 is 11.8 Å². The average Bonchev–Trinajstić information content (AvgIpc) is 2.38. The van der Waals surface area contributed by atoms with Crippen molar-refractivity contribution in [1.82, 2.24) is 0 Å². The minimum atomic E-state index is 0.712. The molecule has 0 aromatic heterocycles. The molecule has 0 saturated heterocycles. The lowest BCUT2D eigenvalue weighted by atomic mass is 10.0. The van der Waals surface area contributed by atoms with Gasteiger partial charge in [-0.25, -0.2) is 0 Å². The molecule has 0 amide bonds. The number of benzene rings is 1. The normalized spacial score (nSPS) is 19.6. The summed E-state index contributed by atoms with van der Waals surface area (Å²) in [6.45, 7) is 2.31. The van der Waals surface area contributed by atoms with Crippen LogP contribution in [-0.4, -0.2) is 5.25 Å². The van der Waals surface area contributed by atoms with Crippen molar-refractivity contribution in [2.24, 2.45) is 0 Å². The topological polar surface area (TPSA) is 0 Å². The molecule has 1 aromatic carbocycles. The Labute approximate surface area is 104 Å². The van der Waals surface area contributed by atoms with Gasteiger partial charge in [0.05, 0.1) is 0 Å². The van der Waals surface area contributed by atoms with Crippen LogP contribution in [0.3, 0.4) is 0 Å². The molecule has 0 bridgehead atoms. The molecule has 1 fully saturated rings. The second kappa shape index (κ2) is 6.34. The summed E-state index contributed by atoms with van der Waals surface area (Å²) in [5.74, 6) is 0. The molecule has 1 aromatic rings. The van der Waals surface area contributed by atoms with E-state index >= 15 is 0 Å². The standard InChI is InChI=1S/C15H22S/c1-2-15(13-9-5-3-6-10-13)16-14-11-7-4-8-12-14/h3,5-6,9-10,14-15H,2,4,7-8,11-12H2,1H3. The molecule has 0 heterocycles. The summed E-state index contributed by atoms with van der Waals surface area (Å²) < 4.78 is 0. The van der Waals surface area contributed by atoms with Crippen molar-refractivity contribution in [2.75, 3.05) is 0 Å². The van der Waals surface area contributed by atoms with E-state index in [4.69, 9.17) is 0 Å². The Bertz CT molecular complexity index is 288. The maximum Gasteiger partial charge on any atom is 0.0297 e. The van der Waals surface area contributed by atoms with E-state index in [0.717, 1.165) is 5.25 Å². The lowest BCUT2D eigenvalue weighted by Gasteiger charge is -2.25. The predicted octanol–water partition coefficient (Wildman–Crippen LogP) is 5.20. The Hall–Kier alpha value is -0.430. The predicted molar refractivity (Wildman–Crippen MR) is 73.9 cm³/mol. The van der Waals surface area contributed by atoms with Crippen molar-refractivity contribution in [2.45, 2.75) is 55.9 Å². The zero-order valence-corrected chi connectivity index (χ0v) is 11.0. The molecule has 0 spiro atoms. The van der Waals surface area contributed by atoms with Gasteiger partial charge >= 0.3 is 0 Å². The minimum Gasteiger partial charge on any atom is -0.150 e. The third-order valence-corrected chi connectivity index (χ3v) is 5.24. The van der Waals surface area contributed by atoms with Crippen LogP contribution in [0.5, 0.6) is 0 Å². The molecule has 0 N–H and O–H groups in total. The van der Waals surface area contributed by atoms with E-state index in [1.54, 1.807) is 0 Å². The van der Waals surface area contributed by atoms with Crippen molar-refractivity contribution < 1.29 is 0 Å². The zero-order chi connectivity index (χ0) is 11.2. The van der Waals surface area contributed by atoms with Gasteiger partial charge in [-0.2, -0.15) is 11.8 Å². The van der Waals surface area contributed by atoms with E-state index in [1.807, 2.05) is 0 Å². The van der Waals surface area contributed by atoms with Crippen LogP contribution in [0.25, 0.3) is 0 Å². The van der Waals surface area contributed by atoms with Gasteiger partial charge in [-0.3, -0.25) is 0 Å². The Morgan fingerprint density at radius 3 is 2.44 bits per heavy atom. The first-order chi connectivity index (χ1) is 7.90. The van der Waals surface area contributed by atoms with Crippen LogP contribution in [0.4, 0.5) is 0 Å². The summed E-state index contributed by atoms with van der Waals surface area (Å²) in [5, 5.41) is 1.63. The fourth-order valence-corrected chi connectivity index (χ4v) is 4.09. The third kappa shape index (κ3) is 3.28. The fraction of sp³-hybridized carbons (Fsp3) is 0.600. The van der Waals surface area contributed by atoms with Crippen molar-refractivity contribution in [3.8, 4) is 0 Å². The molecule has 1 heteroatoms. The highest BCUT2D eigenvalue weighted by molar-refractivity contribution is 8.00. The molecule has 1 aliphatic rings. The molecular weight excluding hydrogens is 212 g/mol. The second-order valence-corrected chi connectivity index (χ2v) is 6.21. The first-order valence-electron chi connectivity index (χ1n) is 6.60. The Morgan fingerprint density at radius 1 is 1.12 bits per heavy atom.